The van der Waals surface area contributed by atoms with Gasteiger partial charge in [0.25, 0.3) is 0 Å². The monoisotopic (exact) mass is 395 g/mol. The van der Waals surface area contributed by atoms with Gasteiger partial charge in [0.15, 0.2) is 11.5 Å². The van der Waals surface area contributed by atoms with Crippen molar-refractivity contribution in [3.63, 3.8) is 0 Å². The molecule has 0 unspecified atom stereocenters. The van der Waals surface area contributed by atoms with Crippen LogP contribution in [0.5, 0.6) is 17.2 Å². The summed E-state index contributed by atoms with van der Waals surface area (Å²) < 4.78 is 31.3. The molecule has 2 aromatic heterocycles. The highest BCUT2D eigenvalue weighted by Crippen LogP contribution is 2.40. The number of halogens is 1. The summed E-state index contributed by atoms with van der Waals surface area (Å²) in [6.45, 7) is 0. The number of benzene rings is 2. The summed E-state index contributed by atoms with van der Waals surface area (Å²) in [5.41, 5.74) is 1.44. The van der Waals surface area contributed by atoms with Crippen LogP contribution in [0.15, 0.2) is 48.9 Å². The first-order valence-electron chi connectivity index (χ1n) is 8.66. The first-order chi connectivity index (χ1) is 14.1. The van der Waals surface area contributed by atoms with Gasteiger partial charge in [-0.1, -0.05) is 0 Å². The number of ether oxygens (including phenoxy) is 3. The minimum atomic E-state index is -0.296. The van der Waals surface area contributed by atoms with Crippen LogP contribution < -0.4 is 19.5 Å². The van der Waals surface area contributed by atoms with Crippen molar-refractivity contribution in [3.8, 4) is 23.2 Å². The van der Waals surface area contributed by atoms with Gasteiger partial charge < -0.3 is 19.5 Å². The maximum atomic E-state index is 13.4. The fourth-order valence-corrected chi connectivity index (χ4v) is 3.03. The second-order valence-corrected chi connectivity index (χ2v) is 6.04. The van der Waals surface area contributed by atoms with Gasteiger partial charge in [0.05, 0.1) is 26.8 Å². The van der Waals surface area contributed by atoms with E-state index in [1.165, 1.54) is 18.5 Å². The molecule has 0 aliphatic heterocycles. The number of fused-ring (bicyclic) bond motifs is 1. The van der Waals surface area contributed by atoms with Gasteiger partial charge in [0.1, 0.15) is 12.1 Å². The minimum Gasteiger partial charge on any atom is -0.493 e. The van der Waals surface area contributed by atoms with Crippen LogP contribution in [0.1, 0.15) is 0 Å². The van der Waals surface area contributed by atoms with E-state index in [1.54, 1.807) is 56.4 Å². The van der Waals surface area contributed by atoms with Crippen molar-refractivity contribution in [2.75, 3.05) is 26.6 Å². The molecule has 0 spiro atoms. The number of anilines is 2. The van der Waals surface area contributed by atoms with Crippen LogP contribution in [0, 0.1) is 5.82 Å². The van der Waals surface area contributed by atoms with E-state index in [9.17, 15) is 4.39 Å². The largest absolute Gasteiger partial charge is 0.493 e. The van der Waals surface area contributed by atoms with Crippen molar-refractivity contribution in [2.24, 2.45) is 0 Å². The van der Waals surface area contributed by atoms with E-state index in [-0.39, 0.29) is 5.82 Å². The zero-order valence-electron chi connectivity index (χ0n) is 16.0. The molecule has 2 heterocycles. The average molecular weight is 395 g/mol. The zero-order chi connectivity index (χ0) is 20.4. The van der Waals surface area contributed by atoms with Crippen LogP contribution in [0.4, 0.5) is 16.0 Å². The van der Waals surface area contributed by atoms with Gasteiger partial charge >= 0.3 is 0 Å². The van der Waals surface area contributed by atoms with E-state index in [0.29, 0.717) is 34.8 Å². The van der Waals surface area contributed by atoms with Crippen LogP contribution in [-0.2, 0) is 0 Å². The molecule has 0 aliphatic rings. The van der Waals surface area contributed by atoms with Gasteiger partial charge in [0, 0.05) is 29.4 Å². The number of aromatic nitrogens is 4. The molecule has 0 saturated heterocycles. The third-order valence-corrected chi connectivity index (χ3v) is 4.35. The maximum Gasteiger partial charge on any atom is 0.238 e. The summed E-state index contributed by atoms with van der Waals surface area (Å²) in [4.78, 5) is 12.9. The molecule has 0 amide bonds. The molecule has 148 valence electrons. The first kappa shape index (κ1) is 18.5. The van der Waals surface area contributed by atoms with Gasteiger partial charge in [-0.2, -0.15) is 4.98 Å². The van der Waals surface area contributed by atoms with Crippen LogP contribution in [-0.4, -0.2) is 40.8 Å². The normalized spacial score (nSPS) is 10.8. The lowest BCUT2D eigenvalue weighted by atomic mass is 10.2. The topological polar surface area (TPSA) is 83.3 Å². The molecule has 8 nitrogen and oxygen atoms in total. The lowest BCUT2D eigenvalue weighted by molar-refractivity contribution is 0.324. The third kappa shape index (κ3) is 3.49. The quantitative estimate of drug-likeness (QED) is 0.533. The molecule has 0 radical (unpaired) electrons. The number of hydrogen-bond acceptors (Lipinski definition) is 7. The Morgan fingerprint density at radius 3 is 2.38 bits per heavy atom. The van der Waals surface area contributed by atoms with Gasteiger partial charge in [-0.05, 0) is 24.3 Å². The predicted octanol–water partition coefficient (Wildman–Crippen LogP) is 3.72. The smallest absolute Gasteiger partial charge is 0.238 e. The van der Waals surface area contributed by atoms with Crippen LogP contribution in [0.25, 0.3) is 16.9 Å². The highest BCUT2D eigenvalue weighted by molar-refractivity contribution is 5.81. The van der Waals surface area contributed by atoms with Crippen molar-refractivity contribution >= 4 is 22.5 Å². The fraction of sp³-hybridized carbons (Fsp3) is 0.150. The Balaban J connectivity index is 1.69. The van der Waals surface area contributed by atoms with Gasteiger partial charge in [-0.15, -0.1) is 0 Å². The summed E-state index contributed by atoms with van der Waals surface area (Å²) in [7, 11) is 4.63. The summed E-state index contributed by atoms with van der Waals surface area (Å²) >= 11 is 0. The van der Waals surface area contributed by atoms with Crippen molar-refractivity contribution in [2.45, 2.75) is 0 Å². The maximum absolute atomic E-state index is 13.4. The van der Waals surface area contributed by atoms with Crippen molar-refractivity contribution in [3.05, 3.63) is 54.7 Å². The van der Waals surface area contributed by atoms with E-state index in [1.807, 2.05) is 0 Å². The number of methoxy groups -OCH3 is 3. The molecule has 0 aliphatic carbocycles. The number of hydrogen-bond donors (Lipinski definition) is 1. The Morgan fingerprint density at radius 2 is 1.69 bits per heavy atom. The molecule has 9 heteroatoms. The van der Waals surface area contributed by atoms with Crippen LogP contribution in [0.3, 0.4) is 0 Å². The predicted molar refractivity (Wildman–Crippen MR) is 106 cm³/mol. The minimum absolute atomic E-state index is 0.296. The summed E-state index contributed by atoms with van der Waals surface area (Å²) in [6.07, 6.45) is 3.18. The lowest BCUT2D eigenvalue weighted by Gasteiger charge is -2.14. The van der Waals surface area contributed by atoms with Crippen molar-refractivity contribution < 1.29 is 18.6 Å². The molecule has 1 N–H and O–H groups in total. The molecule has 4 aromatic rings. The highest BCUT2D eigenvalue weighted by atomic mass is 19.1. The van der Waals surface area contributed by atoms with Crippen LogP contribution >= 0.6 is 0 Å². The number of nitrogens with one attached hydrogen (secondary N) is 1. The Labute approximate surface area is 165 Å². The molecule has 2 aromatic carbocycles. The van der Waals surface area contributed by atoms with E-state index in [4.69, 9.17) is 14.2 Å². The Morgan fingerprint density at radius 1 is 0.931 bits per heavy atom. The fourth-order valence-electron chi connectivity index (χ4n) is 3.03. The summed E-state index contributed by atoms with van der Waals surface area (Å²) in [5, 5.41) is 3.87. The standard InChI is InChI=1S/C20H18FN5O3/c1-27-16-9-14(10-17(28-2)18(16)29-3)24-19-22-11-23-20(25-19)26-7-6-12-8-13(21)4-5-15(12)26/h4-11H,1-3H3,(H,22,23,24,25). The average Bonchev–Trinajstić information content (AvgIpc) is 3.16. The molecule has 0 fully saturated rings. The second kappa shape index (κ2) is 7.63. The van der Waals surface area contributed by atoms with Crippen LogP contribution in [0.2, 0.25) is 0 Å². The Kier molecular flexibility index (Phi) is 4.86. The molecule has 29 heavy (non-hydrogen) atoms. The Hall–Kier alpha value is -3.88. The van der Waals surface area contributed by atoms with Gasteiger partial charge in [-0.25, -0.2) is 14.4 Å². The van der Waals surface area contributed by atoms with Crippen molar-refractivity contribution in [1.82, 2.24) is 19.5 Å². The highest BCUT2D eigenvalue weighted by Gasteiger charge is 2.14. The molecule has 0 bridgehead atoms. The number of rotatable bonds is 6. The Bertz CT molecular complexity index is 1150. The van der Waals surface area contributed by atoms with E-state index >= 15 is 0 Å². The van der Waals surface area contributed by atoms with E-state index < -0.39 is 0 Å². The van der Waals surface area contributed by atoms with Gasteiger partial charge in [0.2, 0.25) is 17.6 Å². The van der Waals surface area contributed by atoms with E-state index in [2.05, 4.69) is 20.3 Å². The molecule has 0 saturated carbocycles. The van der Waals surface area contributed by atoms with Crippen molar-refractivity contribution in [1.29, 1.82) is 0 Å². The molecule has 0 atom stereocenters. The summed E-state index contributed by atoms with van der Waals surface area (Å²) in [5.74, 6) is 1.92. The molecule has 4 rings (SSSR count). The molecular formula is C20H18FN5O3. The SMILES string of the molecule is COc1cc(Nc2ncnc(-n3ccc4cc(F)ccc43)n2)cc(OC)c1OC. The number of nitrogens with zero attached hydrogens (tertiary/aromatic N) is 4. The summed E-state index contributed by atoms with van der Waals surface area (Å²) in [6, 6.07) is 9.84. The second-order valence-electron chi connectivity index (χ2n) is 6.04. The first-order valence-corrected chi connectivity index (χ1v) is 8.66. The zero-order valence-corrected chi connectivity index (χ0v) is 16.0. The molecular weight excluding hydrogens is 377 g/mol. The van der Waals surface area contributed by atoms with E-state index in [0.717, 1.165) is 10.9 Å². The van der Waals surface area contributed by atoms with Gasteiger partial charge in [-0.3, -0.25) is 4.57 Å². The third-order valence-electron chi connectivity index (χ3n) is 4.35. The lowest BCUT2D eigenvalue weighted by Crippen LogP contribution is -2.05.